The van der Waals surface area contributed by atoms with Crippen LogP contribution in [0.1, 0.15) is 10.4 Å². The lowest BCUT2D eigenvalue weighted by molar-refractivity contribution is 0.0934. The molecule has 1 rings (SSSR count). The summed E-state index contributed by atoms with van der Waals surface area (Å²) in [4.78, 5) is 21.8. The molecule has 5 N–H and O–H groups in total. The van der Waals surface area contributed by atoms with Gasteiger partial charge in [0.15, 0.2) is 0 Å². The number of methoxy groups -OCH3 is 1. The zero-order valence-corrected chi connectivity index (χ0v) is 8.48. The van der Waals surface area contributed by atoms with E-state index in [0.717, 1.165) is 0 Å². The van der Waals surface area contributed by atoms with E-state index in [9.17, 15) is 14.7 Å². The molecule has 0 radical (unpaired) electrons. The van der Waals surface area contributed by atoms with Gasteiger partial charge in [0, 0.05) is 0 Å². The van der Waals surface area contributed by atoms with Crippen LogP contribution in [0.5, 0.6) is 11.5 Å². The Labute approximate surface area is 91.2 Å². The van der Waals surface area contributed by atoms with E-state index < -0.39 is 11.9 Å². The van der Waals surface area contributed by atoms with E-state index in [1.165, 1.54) is 25.3 Å². The van der Waals surface area contributed by atoms with Gasteiger partial charge in [-0.3, -0.25) is 10.2 Å². The van der Waals surface area contributed by atoms with Gasteiger partial charge in [0.2, 0.25) is 0 Å². The van der Waals surface area contributed by atoms with Crippen molar-refractivity contribution in [1.82, 2.24) is 10.9 Å². The first kappa shape index (κ1) is 11.6. The van der Waals surface area contributed by atoms with Crippen molar-refractivity contribution in [2.75, 3.05) is 7.11 Å². The normalized spacial score (nSPS) is 9.31. The molecule has 16 heavy (non-hydrogen) atoms. The molecule has 0 heterocycles. The highest BCUT2D eigenvalue weighted by Crippen LogP contribution is 2.22. The molecule has 7 heteroatoms. The summed E-state index contributed by atoms with van der Waals surface area (Å²) in [5, 5.41) is 9.41. The van der Waals surface area contributed by atoms with Gasteiger partial charge in [-0.15, -0.1) is 0 Å². The first-order valence-corrected chi connectivity index (χ1v) is 4.27. The topological polar surface area (TPSA) is 114 Å². The summed E-state index contributed by atoms with van der Waals surface area (Å²) >= 11 is 0. The highest BCUT2D eigenvalue weighted by molar-refractivity contribution is 5.97. The number of rotatable bonds is 2. The van der Waals surface area contributed by atoms with E-state index in [2.05, 4.69) is 0 Å². The van der Waals surface area contributed by atoms with Crippen LogP contribution in [-0.4, -0.2) is 24.2 Å². The number of phenols is 1. The molecule has 0 aliphatic heterocycles. The van der Waals surface area contributed by atoms with Gasteiger partial charge in [0.05, 0.1) is 12.7 Å². The predicted molar refractivity (Wildman–Crippen MR) is 54.8 cm³/mol. The first-order valence-electron chi connectivity index (χ1n) is 4.27. The second-order valence-corrected chi connectivity index (χ2v) is 2.83. The van der Waals surface area contributed by atoms with Crippen LogP contribution in [0, 0.1) is 0 Å². The number of nitrogens with two attached hydrogens (primary N) is 1. The molecule has 0 bridgehead atoms. The number of benzene rings is 1. The van der Waals surface area contributed by atoms with Gasteiger partial charge in [0.1, 0.15) is 11.5 Å². The zero-order valence-electron chi connectivity index (χ0n) is 8.48. The van der Waals surface area contributed by atoms with Crippen molar-refractivity contribution in [1.29, 1.82) is 0 Å². The number of hydrogen-bond donors (Lipinski definition) is 4. The van der Waals surface area contributed by atoms with Crippen LogP contribution < -0.4 is 21.3 Å². The minimum absolute atomic E-state index is 0.0342. The molecule has 0 saturated carbocycles. The molecule has 0 aliphatic carbocycles. The number of amides is 3. The molecule has 1 aromatic carbocycles. The summed E-state index contributed by atoms with van der Waals surface area (Å²) < 4.78 is 4.88. The van der Waals surface area contributed by atoms with E-state index in [1.807, 2.05) is 10.9 Å². The number of urea groups is 1. The number of primary amides is 1. The van der Waals surface area contributed by atoms with Crippen LogP contribution in [0.2, 0.25) is 0 Å². The molecule has 0 aromatic heterocycles. The fourth-order valence-corrected chi connectivity index (χ4v) is 1.01. The molecule has 0 unspecified atom stereocenters. The van der Waals surface area contributed by atoms with E-state index in [4.69, 9.17) is 10.5 Å². The Bertz CT molecular complexity index is 419. The maximum absolute atomic E-state index is 11.4. The van der Waals surface area contributed by atoms with Gasteiger partial charge in [-0.2, -0.15) is 0 Å². The number of aromatic hydroxyl groups is 1. The average molecular weight is 225 g/mol. The van der Waals surface area contributed by atoms with Gasteiger partial charge in [-0.25, -0.2) is 10.2 Å². The molecule has 0 spiro atoms. The predicted octanol–water partition coefficient (Wildman–Crippen LogP) is -0.286. The lowest BCUT2D eigenvalue weighted by atomic mass is 10.2. The SMILES string of the molecule is COc1ccc(O)c(C(=O)NNC(N)=O)c1. The summed E-state index contributed by atoms with van der Waals surface area (Å²) in [6, 6.07) is 3.22. The highest BCUT2D eigenvalue weighted by Gasteiger charge is 2.12. The van der Waals surface area contributed by atoms with Crippen molar-refractivity contribution in [2.24, 2.45) is 5.73 Å². The standard InChI is InChI=1S/C9H11N3O4/c1-16-5-2-3-7(13)6(4-5)8(14)11-12-9(10)15/h2-4,13H,1H3,(H,11,14)(H3,10,12,15). The Balaban J connectivity index is 2.85. The lowest BCUT2D eigenvalue weighted by Crippen LogP contribution is -2.44. The molecule has 7 nitrogen and oxygen atoms in total. The van der Waals surface area contributed by atoms with Crippen molar-refractivity contribution in [2.45, 2.75) is 0 Å². The molecule has 86 valence electrons. The third-order valence-electron chi connectivity index (χ3n) is 1.75. The zero-order chi connectivity index (χ0) is 12.1. The molecular weight excluding hydrogens is 214 g/mol. The Morgan fingerprint density at radius 3 is 2.62 bits per heavy atom. The van der Waals surface area contributed by atoms with Gasteiger partial charge >= 0.3 is 6.03 Å². The van der Waals surface area contributed by atoms with E-state index in [-0.39, 0.29) is 11.3 Å². The first-order chi connectivity index (χ1) is 7.54. The number of carbonyl (C=O) groups is 2. The van der Waals surface area contributed by atoms with Crippen LogP contribution in [-0.2, 0) is 0 Å². The number of hydrogen-bond acceptors (Lipinski definition) is 4. The summed E-state index contributed by atoms with van der Waals surface area (Å²) in [6.45, 7) is 0. The molecular formula is C9H11N3O4. The Morgan fingerprint density at radius 2 is 2.06 bits per heavy atom. The second-order valence-electron chi connectivity index (χ2n) is 2.83. The average Bonchev–Trinajstić information content (AvgIpc) is 2.26. The Morgan fingerprint density at radius 1 is 1.38 bits per heavy atom. The van der Waals surface area contributed by atoms with Gasteiger partial charge in [-0.05, 0) is 18.2 Å². The minimum Gasteiger partial charge on any atom is -0.507 e. The smallest absolute Gasteiger partial charge is 0.330 e. The number of hydrazine groups is 1. The number of nitrogens with one attached hydrogen (secondary N) is 2. The maximum Gasteiger partial charge on any atom is 0.330 e. The van der Waals surface area contributed by atoms with Crippen LogP contribution in [0.25, 0.3) is 0 Å². The Kier molecular flexibility index (Phi) is 3.54. The number of phenolic OH excluding ortho intramolecular Hbond substituents is 1. The van der Waals surface area contributed by atoms with Crippen molar-refractivity contribution in [3.05, 3.63) is 23.8 Å². The van der Waals surface area contributed by atoms with Gasteiger partial charge < -0.3 is 15.6 Å². The quantitative estimate of drug-likeness (QED) is 0.518. The molecule has 1 aromatic rings. The molecule has 0 fully saturated rings. The third-order valence-corrected chi connectivity index (χ3v) is 1.75. The van der Waals surface area contributed by atoms with Crippen LogP contribution >= 0.6 is 0 Å². The van der Waals surface area contributed by atoms with E-state index in [1.54, 1.807) is 0 Å². The van der Waals surface area contributed by atoms with E-state index in [0.29, 0.717) is 5.75 Å². The van der Waals surface area contributed by atoms with Crippen molar-refractivity contribution in [3.8, 4) is 11.5 Å². The summed E-state index contributed by atoms with van der Waals surface area (Å²) in [6.07, 6.45) is 0. The fraction of sp³-hybridized carbons (Fsp3) is 0.111. The van der Waals surface area contributed by atoms with Crippen LogP contribution in [0.4, 0.5) is 4.79 Å². The lowest BCUT2D eigenvalue weighted by Gasteiger charge is -2.07. The molecule has 0 aliphatic rings. The molecule has 3 amide bonds. The van der Waals surface area contributed by atoms with Crippen molar-refractivity contribution >= 4 is 11.9 Å². The Hall–Kier alpha value is -2.44. The summed E-state index contributed by atoms with van der Waals surface area (Å²) in [5.41, 5.74) is 8.63. The fourth-order valence-electron chi connectivity index (χ4n) is 1.01. The van der Waals surface area contributed by atoms with Gasteiger partial charge in [0.25, 0.3) is 5.91 Å². The highest BCUT2D eigenvalue weighted by atomic mass is 16.5. The molecule has 0 atom stereocenters. The van der Waals surface area contributed by atoms with Crippen molar-refractivity contribution in [3.63, 3.8) is 0 Å². The number of ether oxygens (including phenoxy) is 1. The number of carbonyl (C=O) groups excluding carboxylic acids is 2. The minimum atomic E-state index is -0.907. The second kappa shape index (κ2) is 4.87. The van der Waals surface area contributed by atoms with Crippen molar-refractivity contribution < 1.29 is 19.4 Å². The maximum atomic E-state index is 11.4. The third kappa shape index (κ3) is 2.77. The molecule has 0 saturated heterocycles. The largest absolute Gasteiger partial charge is 0.507 e. The van der Waals surface area contributed by atoms with Gasteiger partial charge in [-0.1, -0.05) is 0 Å². The van der Waals surface area contributed by atoms with Crippen LogP contribution in [0.15, 0.2) is 18.2 Å². The monoisotopic (exact) mass is 225 g/mol. The van der Waals surface area contributed by atoms with Crippen LogP contribution in [0.3, 0.4) is 0 Å². The van der Waals surface area contributed by atoms with E-state index >= 15 is 0 Å². The summed E-state index contributed by atoms with van der Waals surface area (Å²) in [7, 11) is 1.43. The summed E-state index contributed by atoms with van der Waals surface area (Å²) in [5.74, 6) is -0.526.